The van der Waals surface area contributed by atoms with E-state index < -0.39 is 11.8 Å². The van der Waals surface area contributed by atoms with Crippen LogP contribution in [0.1, 0.15) is 28.6 Å². The van der Waals surface area contributed by atoms with E-state index in [2.05, 4.69) is 27.2 Å². The van der Waals surface area contributed by atoms with Gasteiger partial charge in [0.05, 0.1) is 28.6 Å². The normalized spacial score (nSPS) is 13.8. The summed E-state index contributed by atoms with van der Waals surface area (Å²) >= 11 is 5.89. The van der Waals surface area contributed by atoms with E-state index in [1.54, 1.807) is 43.3 Å². The number of piperazine rings is 1. The first kappa shape index (κ1) is 29.1. The Bertz CT molecular complexity index is 1580. The highest BCUT2D eigenvalue weighted by Gasteiger charge is 2.21. The Labute approximate surface area is 249 Å². The van der Waals surface area contributed by atoms with Crippen LogP contribution in [0.5, 0.6) is 0 Å². The van der Waals surface area contributed by atoms with E-state index in [4.69, 9.17) is 20.8 Å². The molecule has 3 aromatic carbocycles. The molecule has 1 amide bonds. The fourth-order valence-corrected chi connectivity index (χ4v) is 5.00. The molecule has 7 nitrogen and oxygen atoms in total. The molecule has 4 aromatic rings. The first-order valence-electron chi connectivity index (χ1n) is 13.8. The van der Waals surface area contributed by atoms with Gasteiger partial charge >= 0.3 is 5.97 Å². The highest BCUT2D eigenvalue weighted by molar-refractivity contribution is 6.31. The molecule has 1 saturated heterocycles. The lowest BCUT2D eigenvalue weighted by Gasteiger charge is -2.37. The van der Waals surface area contributed by atoms with Gasteiger partial charge in [-0.3, -0.25) is 9.69 Å². The number of ether oxygens (including phenoxy) is 1. The van der Waals surface area contributed by atoms with Crippen molar-refractivity contribution in [2.24, 2.45) is 0 Å². The maximum atomic E-state index is 13.5. The number of esters is 1. The molecule has 0 saturated carbocycles. The predicted molar refractivity (Wildman–Crippen MR) is 163 cm³/mol. The minimum atomic E-state index is -0.510. The van der Waals surface area contributed by atoms with Crippen LogP contribution in [0.3, 0.4) is 0 Å². The van der Waals surface area contributed by atoms with Gasteiger partial charge in [-0.25, -0.2) is 9.18 Å². The van der Waals surface area contributed by atoms with Crippen LogP contribution in [-0.2, 0) is 16.1 Å². The van der Waals surface area contributed by atoms with Crippen molar-refractivity contribution in [3.63, 3.8) is 0 Å². The van der Waals surface area contributed by atoms with Crippen LogP contribution in [0.4, 0.5) is 15.8 Å². The van der Waals surface area contributed by atoms with Crippen LogP contribution >= 0.6 is 11.6 Å². The van der Waals surface area contributed by atoms with Crippen molar-refractivity contribution in [1.82, 2.24) is 4.90 Å². The lowest BCUT2D eigenvalue weighted by molar-refractivity contribution is -0.111. The van der Waals surface area contributed by atoms with Gasteiger partial charge < -0.3 is 19.4 Å². The third-order valence-corrected chi connectivity index (χ3v) is 7.25. The van der Waals surface area contributed by atoms with E-state index in [9.17, 15) is 14.0 Å². The fraction of sp³-hybridized carbons (Fsp3) is 0.212. The largest absolute Gasteiger partial charge is 0.462 e. The molecule has 0 aliphatic carbocycles. The molecule has 1 aliphatic rings. The minimum absolute atomic E-state index is 0.00108. The van der Waals surface area contributed by atoms with Crippen molar-refractivity contribution in [1.29, 1.82) is 0 Å². The van der Waals surface area contributed by atoms with Gasteiger partial charge in [0.15, 0.2) is 0 Å². The number of hydrogen-bond donors (Lipinski definition) is 1. The summed E-state index contributed by atoms with van der Waals surface area (Å²) in [5.41, 5.74) is 3.60. The fourth-order valence-electron chi connectivity index (χ4n) is 4.82. The molecule has 5 rings (SSSR count). The third-order valence-electron chi connectivity index (χ3n) is 6.96. The summed E-state index contributed by atoms with van der Waals surface area (Å²) in [5, 5.41) is 2.93. The highest BCUT2D eigenvalue weighted by atomic mass is 35.5. The van der Waals surface area contributed by atoms with E-state index >= 15 is 0 Å². The average Bonchev–Trinajstić information content (AvgIpc) is 3.48. The highest BCUT2D eigenvalue weighted by Crippen LogP contribution is 2.30. The SMILES string of the molecule is CCOC(=O)c1ccc(N2CCN(Cc3ccccc3)CC2)c(NC(=O)/C=C/c2ccc(-c3ccc(F)c(Cl)c3)o2)c1. The molecular formula is C33H31ClFN3O4. The van der Waals surface area contributed by atoms with Crippen LogP contribution in [0, 0.1) is 5.82 Å². The lowest BCUT2D eigenvalue weighted by atomic mass is 10.1. The van der Waals surface area contributed by atoms with Gasteiger partial charge in [-0.05, 0) is 67.1 Å². The topological polar surface area (TPSA) is 75.0 Å². The predicted octanol–water partition coefficient (Wildman–Crippen LogP) is 6.89. The summed E-state index contributed by atoms with van der Waals surface area (Å²) in [7, 11) is 0. The third kappa shape index (κ3) is 7.26. The second-order valence-corrected chi connectivity index (χ2v) is 10.3. The van der Waals surface area contributed by atoms with Crippen molar-refractivity contribution in [2.75, 3.05) is 43.0 Å². The number of amides is 1. The van der Waals surface area contributed by atoms with Gasteiger partial charge in [0.25, 0.3) is 0 Å². The quantitative estimate of drug-likeness (QED) is 0.170. The zero-order valence-electron chi connectivity index (χ0n) is 23.2. The van der Waals surface area contributed by atoms with E-state index in [1.807, 2.05) is 24.3 Å². The Balaban J connectivity index is 1.29. The first-order valence-corrected chi connectivity index (χ1v) is 14.1. The van der Waals surface area contributed by atoms with E-state index in [-0.39, 0.29) is 17.5 Å². The molecule has 0 unspecified atom stereocenters. The molecule has 1 fully saturated rings. The number of furan rings is 1. The molecule has 0 spiro atoms. The standard InChI is InChI=1S/C33H31ClFN3O4/c1-2-41-33(40)25-9-13-30(38-18-16-37(17-19-38)22-23-6-4-3-5-7-23)29(21-25)36-32(39)15-11-26-10-14-31(42-26)24-8-12-28(35)27(34)20-24/h3-15,20-21H,2,16-19,22H2,1H3,(H,36,39)/b15-11+. The minimum Gasteiger partial charge on any atom is -0.462 e. The monoisotopic (exact) mass is 587 g/mol. The average molecular weight is 588 g/mol. The first-order chi connectivity index (χ1) is 20.4. The number of halogens is 2. The Morgan fingerprint density at radius 2 is 1.79 bits per heavy atom. The number of carbonyl (C=O) groups excluding carboxylic acids is 2. The smallest absolute Gasteiger partial charge is 0.338 e. The molecule has 1 aliphatic heterocycles. The van der Waals surface area contributed by atoms with E-state index in [0.29, 0.717) is 28.3 Å². The number of nitrogens with zero attached hydrogens (tertiary/aromatic N) is 2. The molecule has 1 aromatic heterocycles. The van der Waals surface area contributed by atoms with Crippen LogP contribution in [0.15, 0.2) is 89.4 Å². The van der Waals surface area contributed by atoms with Crippen LogP contribution in [0.2, 0.25) is 5.02 Å². The molecule has 0 radical (unpaired) electrons. The molecule has 216 valence electrons. The van der Waals surface area contributed by atoms with Crippen molar-refractivity contribution < 1.29 is 23.1 Å². The Morgan fingerprint density at radius 3 is 2.52 bits per heavy atom. The van der Waals surface area contributed by atoms with Crippen molar-refractivity contribution in [3.8, 4) is 11.3 Å². The maximum absolute atomic E-state index is 13.5. The number of benzene rings is 3. The maximum Gasteiger partial charge on any atom is 0.338 e. The second-order valence-electron chi connectivity index (χ2n) is 9.85. The summed E-state index contributed by atoms with van der Waals surface area (Å²) in [5.74, 6) is -0.415. The summed E-state index contributed by atoms with van der Waals surface area (Å²) in [4.78, 5) is 30.1. The van der Waals surface area contributed by atoms with Crippen LogP contribution in [-0.4, -0.2) is 49.6 Å². The zero-order valence-corrected chi connectivity index (χ0v) is 23.9. The zero-order chi connectivity index (χ0) is 29.5. The van der Waals surface area contributed by atoms with Crippen LogP contribution < -0.4 is 10.2 Å². The Kier molecular flexibility index (Phi) is 9.36. The summed E-state index contributed by atoms with van der Waals surface area (Å²) in [6.07, 6.45) is 2.90. The van der Waals surface area contributed by atoms with Crippen molar-refractivity contribution >= 4 is 40.9 Å². The molecule has 1 N–H and O–H groups in total. The number of carbonyl (C=O) groups is 2. The molecule has 42 heavy (non-hydrogen) atoms. The van der Waals surface area contributed by atoms with Gasteiger partial charge in [0.2, 0.25) is 5.91 Å². The number of hydrogen-bond acceptors (Lipinski definition) is 6. The Morgan fingerprint density at radius 1 is 1.00 bits per heavy atom. The summed E-state index contributed by atoms with van der Waals surface area (Å²) < 4.78 is 24.5. The summed E-state index contributed by atoms with van der Waals surface area (Å²) in [6, 6.07) is 23.3. The van der Waals surface area contributed by atoms with Gasteiger partial charge in [0.1, 0.15) is 17.3 Å². The number of nitrogens with one attached hydrogen (secondary N) is 1. The van der Waals surface area contributed by atoms with Gasteiger partial charge in [-0.2, -0.15) is 0 Å². The van der Waals surface area contributed by atoms with Gasteiger partial charge in [-0.15, -0.1) is 0 Å². The van der Waals surface area contributed by atoms with Crippen molar-refractivity contribution in [2.45, 2.75) is 13.5 Å². The van der Waals surface area contributed by atoms with Gasteiger partial charge in [0, 0.05) is 44.4 Å². The lowest BCUT2D eigenvalue weighted by Crippen LogP contribution is -2.46. The van der Waals surface area contributed by atoms with E-state index in [0.717, 1.165) is 38.4 Å². The van der Waals surface area contributed by atoms with Crippen molar-refractivity contribution in [3.05, 3.63) is 113 Å². The van der Waals surface area contributed by atoms with Crippen LogP contribution in [0.25, 0.3) is 17.4 Å². The molecule has 2 heterocycles. The molecule has 0 atom stereocenters. The summed E-state index contributed by atoms with van der Waals surface area (Å²) in [6.45, 7) is 6.15. The van der Waals surface area contributed by atoms with Gasteiger partial charge in [-0.1, -0.05) is 41.9 Å². The van der Waals surface area contributed by atoms with E-state index in [1.165, 1.54) is 23.8 Å². The number of rotatable bonds is 9. The second kappa shape index (κ2) is 13.5. The molecule has 9 heteroatoms. The Hall–Kier alpha value is -4.40. The molecular weight excluding hydrogens is 557 g/mol. The number of anilines is 2. The molecule has 0 bridgehead atoms.